The van der Waals surface area contributed by atoms with Gasteiger partial charge in [-0.3, -0.25) is 19.7 Å². The molecule has 2 fully saturated rings. The molecule has 0 radical (unpaired) electrons. The van der Waals surface area contributed by atoms with Crippen molar-refractivity contribution in [2.24, 2.45) is 11.8 Å². The van der Waals surface area contributed by atoms with Crippen molar-refractivity contribution in [1.29, 1.82) is 0 Å². The summed E-state index contributed by atoms with van der Waals surface area (Å²) in [4.78, 5) is 46.4. The maximum Gasteiger partial charge on any atom is 0.250 e. The van der Waals surface area contributed by atoms with Gasteiger partial charge in [-0.15, -0.1) is 0 Å². The number of ether oxygens (including phenoxy) is 1. The zero-order valence-corrected chi connectivity index (χ0v) is 21.1. The van der Waals surface area contributed by atoms with Crippen molar-refractivity contribution in [2.75, 3.05) is 17.3 Å². The number of aromatic amines is 1. The fourth-order valence-corrected chi connectivity index (χ4v) is 6.71. The average Bonchev–Trinajstić information content (AvgIpc) is 3.64. The van der Waals surface area contributed by atoms with Crippen LogP contribution in [0.4, 0.5) is 11.4 Å². The molecule has 2 saturated heterocycles. The van der Waals surface area contributed by atoms with Crippen LogP contribution < -0.4 is 20.3 Å². The van der Waals surface area contributed by atoms with Gasteiger partial charge in [-0.2, -0.15) is 0 Å². The Kier molecular flexibility index (Phi) is 4.95. The summed E-state index contributed by atoms with van der Waals surface area (Å²) in [7, 11) is 1.55. The molecule has 1 spiro atoms. The topological polar surface area (TPSA) is 104 Å². The van der Waals surface area contributed by atoms with Gasteiger partial charge in [0.25, 0.3) is 0 Å². The Morgan fingerprint density at radius 2 is 1.76 bits per heavy atom. The standard InChI is InChI=1S/C29H23ClN4O4/c1-38-17-11-9-16(10-12-17)34-26(35)23-22(13-15-14-31-21-8-3-2-5-18(15)21)33-29(24(23)27(34)36)19-6-4-7-20(30)25(19)32-28(29)37/h2-12,14,22-24,31,33H,13H2,1H3,(H,32,37)/t22-,23+,24-,29+/m0/s1. The number of nitrogens with zero attached hydrogens (tertiary/aromatic N) is 1. The first kappa shape index (κ1) is 23.0. The predicted molar refractivity (Wildman–Crippen MR) is 143 cm³/mol. The van der Waals surface area contributed by atoms with Crippen LogP contribution in [-0.4, -0.2) is 35.9 Å². The van der Waals surface area contributed by atoms with Crippen molar-refractivity contribution in [3.8, 4) is 5.75 Å². The molecule has 0 saturated carbocycles. The number of anilines is 2. The molecule has 3 aromatic carbocycles. The van der Waals surface area contributed by atoms with E-state index in [1.165, 1.54) is 4.90 Å². The number of amides is 3. The Morgan fingerprint density at radius 1 is 0.974 bits per heavy atom. The molecule has 3 aliphatic heterocycles. The first-order valence-electron chi connectivity index (χ1n) is 12.4. The van der Waals surface area contributed by atoms with E-state index in [4.69, 9.17) is 16.3 Å². The molecule has 3 amide bonds. The molecule has 0 aliphatic carbocycles. The number of hydrogen-bond donors (Lipinski definition) is 3. The molecular weight excluding hydrogens is 504 g/mol. The molecule has 3 aliphatic rings. The molecule has 190 valence electrons. The highest BCUT2D eigenvalue weighted by atomic mass is 35.5. The average molecular weight is 527 g/mol. The van der Waals surface area contributed by atoms with Gasteiger partial charge in [0, 0.05) is 28.7 Å². The Morgan fingerprint density at radius 3 is 2.55 bits per heavy atom. The van der Waals surface area contributed by atoms with Gasteiger partial charge in [0.1, 0.15) is 11.3 Å². The Hall–Kier alpha value is -4.14. The largest absolute Gasteiger partial charge is 0.497 e. The lowest BCUT2D eigenvalue weighted by Crippen LogP contribution is -2.53. The number of hydrogen-bond acceptors (Lipinski definition) is 5. The van der Waals surface area contributed by atoms with Gasteiger partial charge in [-0.25, -0.2) is 4.90 Å². The molecule has 3 N–H and O–H groups in total. The van der Waals surface area contributed by atoms with Crippen LogP contribution in [0.2, 0.25) is 5.02 Å². The van der Waals surface area contributed by atoms with Crippen molar-refractivity contribution in [3.63, 3.8) is 0 Å². The number of imide groups is 1. The Balaban J connectivity index is 1.37. The second kappa shape index (κ2) is 8.18. The molecule has 38 heavy (non-hydrogen) atoms. The predicted octanol–water partition coefficient (Wildman–Crippen LogP) is 4.00. The summed E-state index contributed by atoms with van der Waals surface area (Å²) in [5.74, 6) is -2.21. The zero-order chi connectivity index (χ0) is 26.2. The van der Waals surface area contributed by atoms with Crippen LogP contribution in [0.5, 0.6) is 5.75 Å². The second-order valence-electron chi connectivity index (χ2n) is 9.95. The molecule has 0 unspecified atom stereocenters. The molecule has 9 heteroatoms. The highest BCUT2D eigenvalue weighted by Gasteiger charge is 2.70. The van der Waals surface area contributed by atoms with Gasteiger partial charge in [0.05, 0.1) is 35.3 Å². The summed E-state index contributed by atoms with van der Waals surface area (Å²) in [6, 6.07) is 19.5. The molecule has 0 bridgehead atoms. The van der Waals surface area contributed by atoms with Crippen LogP contribution in [-0.2, 0) is 26.3 Å². The molecule has 4 atom stereocenters. The van der Waals surface area contributed by atoms with E-state index in [-0.39, 0.29) is 11.8 Å². The normalized spacial score (nSPS) is 25.8. The lowest BCUT2D eigenvalue weighted by Gasteiger charge is -2.29. The summed E-state index contributed by atoms with van der Waals surface area (Å²) in [5, 5.41) is 7.79. The maximum atomic E-state index is 14.1. The SMILES string of the molecule is COc1ccc(N2C(=O)[C@@H]3[C@H](Cc4c[nH]c5ccccc45)N[C@@]4(C(=O)Nc5c(Cl)cccc54)[C@@H]3C2=O)cc1. The minimum Gasteiger partial charge on any atom is -0.497 e. The van der Waals surface area contributed by atoms with Crippen LogP contribution in [0.15, 0.2) is 72.9 Å². The molecule has 7 rings (SSSR count). The molecule has 4 heterocycles. The van der Waals surface area contributed by atoms with Gasteiger partial charge in [-0.1, -0.05) is 41.9 Å². The van der Waals surface area contributed by atoms with Gasteiger partial charge in [-0.05, 0) is 48.4 Å². The lowest BCUT2D eigenvalue weighted by atomic mass is 9.76. The van der Waals surface area contributed by atoms with Crippen LogP contribution in [0.1, 0.15) is 11.1 Å². The van der Waals surface area contributed by atoms with Crippen molar-refractivity contribution in [3.05, 3.63) is 89.1 Å². The Bertz CT molecular complexity index is 1650. The van der Waals surface area contributed by atoms with E-state index in [9.17, 15) is 14.4 Å². The summed E-state index contributed by atoms with van der Waals surface area (Å²) < 4.78 is 5.24. The van der Waals surface area contributed by atoms with Crippen molar-refractivity contribution in [1.82, 2.24) is 10.3 Å². The smallest absolute Gasteiger partial charge is 0.250 e. The van der Waals surface area contributed by atoms with Crippen LogP contribution >= 0.6 is 11.6 Å². The highest BCUT2D eigenvalue weighted by Crippen LogP contribution is 2.55. The van der Waals surface area contributed by atoms with Crippen molar-refractivity contribution in [2.45, 2.75) is 18.0 Å². The lowest BCUT2D eigenvalue weighted by molar-refractivity contribution is -0.130. The number of carbonyl (C=O) groups is 3. The van der Waals surface area contributed by atoms with Gasteiger partial charge in [0.2, 0.25) is 17.7 Å². The third-order valence-corrected chi connectivity index (χ3v) is 8.46. The summed E-state index contributed by atoms with van der Waals surface area (Å²) >= 11 is 6.45. The van der Waals surface area contributed by atoms with E-state index >= 15 is 0 Å². The molecular formula is C29H23ClN4O4. The number of carbonyl (C=O) groups excluding carboxylic acids is 3. The number of halogens is 1. The fraction of sp³-hybridized carbons (Fsp3) is 0.207. The first-order chi connectivity index (χ1) is 18.4. The maximum absolute atomic E-state index is 14.1. The molecule has 4 aromatic rings. The number of nitrogens with one attached hydrogen (secondary N) is 3. The monoisotopic (exact) mass is 526 g/mol. The summed E-state index contributed by atoms with van der Waals surface area (Å²) in [5.41, 5.74) is 2.07. The Labute approximate surface area is 222 Å². The minimum absolute atomic E-state index is 0.331. The number of rotatable bonds is 4. The van der Waals surface area contributed by atoms with E-state index < -0.39 is 29.3 Å². The van der Waals surface area contributed by atoms with Crippen LogP contribution in [0, 0.1) is 11.8 Å². The van der Waals surface area contributed by atoms with E-state index in [2.05, 4.69) is 15.6 Å². The van der Waals surface area contributed by atoms with Gasteiger partial charge in [0.15, 0.2) is 0 Å². The van der Waals surface area contributed by atoms with E-state index in [0.717, 1.165) is 16.5 Å². The van der Waals surface area contributed by atoms with E-state index in [0.29, 0.717) is 34.1 Å². The quantitative estimate of drug-likeness (QED) is 0.349. The highest BCUT2D eigenvalue weighted by molar-refractivity contribution is 6.35. The second-order valence-corrected chi connectivity index (χ2v) is 10.4. The summed E-state index contributed by atoms with van der Waals surface area (Å²) in [6.45, 7) is 0. The van der Waals surface area contributed by atoms with Gasteiger partial charge < -0.3 is 15.0 Å². The first-order valence-corrected chi connectivity index (χ1v) is 12.8. The fourth-order valence-electron chi connectivity index (χ4n) is 6.49. The van der Waals surface area contributed by atoms with Crippen molar-refractivity contribution < 1.29 is 19.1 Å². The third kappa shape index (κ3) is 2.98. The van der Waals surface area contributed by atoms with Crippen molar-refractivity contribution >= 4 is 51.6 Å². The van der Waals surface area contributed by atoms with Crippen LogP contribution in [0.3, 0.4) is 0 Å². The van der Waals surface area contributed by atoms with Crippen LogP contribution in [0.25, 0.3) is 10.9 Å². The number of para-hydroxylation sites is 2. The summed E-state index contributed by atoms with van der Waals surface area (Å²) in [6.07, 6.45) is 2.37. The minimum atomic E-state index is -1.42. The number of aromatic nitrogens is 1. The third-order valence-electron chi connectivity index (χ3n) is 8.14. The molecule has 8 nitrogen and oxygen atoms in total. The van der Waals surface area contributed by atoms with Gasteiger partial charge >= 0.3 is 0 Å². The van der Waals surface area contributed by atoms with E-state index in [1.807, 2.05) is 30.5 Å². The zero-order valence-electron chi connectivity index (χ0n) is 20.3. The molecule has 1 aromatic heterocycles. The number of fused-ring (bicyclic) bond motifs is 5. The number of benzene rings is 3. The van der Waals surface area contributed by atoms with E-state index in [1.54, 1.807) is 49.6 Å². The number of methoxy groups -OCH3 is 1. The number of H-pyrrole nitrogens is 1.